The van der Waals surface area contributed by atoms with Crippen molar-refractivity contribution in [1.82, 2.24) is 0 Å². The third-order valence-electron chi connectivity index (χ3n) is 19.4. The average Bonchev–Trinajstić information content (AvgIpc) is 1.60. The van der Waals surface area contributed by atoms with Gasteiger partial charge >= 0.3 is 49.5 Å². The number of alkyl halides is 12. The number of esters is 1. The molecule has 0 spiro atoms. The van der Waals surface area contributed by atoms with Crippen molar-refractivity contribution in [2.45, 2.75) is 181 Å². The molecule has 6 fully saturated rings. The Kier molecular flexibility index (Phi) is 27.3. The Morgan fingerprint density at radius 1 is 0.530 bits per heavy atom. The Morgan fingerprint density at radius 3 is 1.24 bits per heavy atom. The van der Waals surface area contributed by atoms with Gasteiger partial charge in [0.1, 0.15) is 0 Å². The second kappa shape index (κ2) is 33.4. The van der Waals surface area contributed by atoms with Gasteiger partial charge in [-0.25, -0.2) is 0 Å². The molecular weight excluding hydrogens is 1380 g/mol. The molecule has 0 radical (unpaired) electrons. The number of amides is 3. The Morgan fingerprint density at radius 2 is 0.870 bits per heavy atom. The van der Waals surface area contributed by atoms with Gasteiger partial charge in [-0.05, 0) is 190 Å². The predicted molar refractivity (Wildman–Crippen MR) is 367 cm³/mol. The summed E-state index contributed by atoms with van der Waals surface area (Å²) in [4.78, 5) is 55.3. The van der Waals surface area contributed by atoms with Crippen LogP contribution < -0.4 is 45.4 Å². The van der Waals surface area contributed by atoms with Crippen LogP contribution in [0.1, 0.15) is 196 Å². The van der Waals surface area contributed by atoms with Crippen LogP contribution >= 0.6 is 15.9 Å². The van der Waals surface area contributed by atoms with Crippen molar-refractivity contribution < 1.29 is 95.5 Å². The van der Waals surface area contributed by atoms with Gasteiger partial charge < -0.3 is 31.3 Å². The van der Waals surface area contributed by atoms with E-state index in [2.05, 4.69) is 28.2 Å². The van der Waals surface area contributed by atoms with Gasteiger partial charge in [0.05, 0.1) is 46.5 Å². The third kappa shape index (κ3) is 20.6. The zero-order valence-corrected chi connectivity index (χ0v) is 59.7. The molecule has 5 N–H and O–H groups in total. The number of methoxy groups -OCH3 is 1. The molecular formula is C76H87BrF12LiN5O5. The summed E-state index contributed by atoms with van der Waals surface area (Å²) >= 11 is 2.93. The number of carbonyl (C=O) groups is 4. The number of halogens is 13. The third-order valence-corrected chi connectivity index (χ3v) is 19.8. The van der Waals surface area contributed by atoms with Crippen LogP contribution in [-0.2, 0) is 48.6 Å². The van der Waals surface area contributed by atoms with E-state index in [1.54, 1.807) is 34.9 Å². The van der Waals surface area contributed by atoms with E-state index < -0.39 is 69.6 Å². The Hall–Kier alpha value is -7.09. The first-order valence-corrected chi connectivity index (χ1v) is 34.0. The summed E-state index contributed by atoms with van der Waals surface area (Å²) in [5, 5.41) is 2.75. The van der Waals surface area contributed by atoms with Gasteiger partial charge in [0.15, 0.2) is 0 Å². The van der Waals surface area contributed by atoms with Crippen molar-refractivity contribution in [3.63, 3.8) is 0 Å². The summed E-state index contributed by atoms with van der Waals surface area (Å²) in [5.74, 6) is -1.09. The number of para-hydroxylation sites is 2. The molecule has 12 rings (SSSR count). The molecule has 538 valence electrons. The number of carbonyl (C=O) groups excluding carboxylic acids is 4. The number of nitrogens with one attached hydrogen (secondary N) is 1. The molecule has 6 aliphatic rings. The normalized spacial score (nSPS) is 20.3. The second-order valence-electron chi connectivity index (χ2n) is 26.8. The molecule has 2 unspecified atom stereocenters. The second-order valence-corrected chi connectivity index (χ2v) is 27.7. The molecule has 10 nitrogen and oxygen atoms in total. The number of hydrogen-bond donors (Lipinski definition) is 3. The minimum atomic E-state index is -4.50. The molecule has 24 heteroatoms. The van der Waals surface area contributed by atoms with Crippen LogP contribution in [0, 0.1) is 57.3 Å². The number of ether oxygens (including phenoxy) is 1. The first kappa shape index (κ1) is 81.9. The molecule has 0 bridgehead atoms. The molecule has 2 aliphatic heterocycles. The van der Waals surface area contributed by atoms with E-state index in [-0.39, 0.29) is 72.1 Å². The SMILES string of the molecule is C1CCCC1.CCC1(C(=O)OC)CN(c2c(C)cccc2C)C(=O)C1C.CC[C@@]1(C(=O)Nc2cc(C3CC3)cc(C(F)(F)F)c2)CN(c2c(C)cccc2C)C(=O)[C@H]1C.Nc1cc(Br)cc(C(F)(F)F)c1.Nc1cc(C2CC2)cc(C(F)(F)F)c1.[CH2-]c1cc(C2CC2)cc(C(F)(F)F)c1.[Li+]. The number of nitrogen functional groups attached to an aromatic ring is 2. The molecule has 0 aromatic heterocycles. The number of nitrogens with zero attached hydrogens (tertiary/aromatic N) is 2. The fourth-order valence-electron chi connectivity index (χ4n) is 13.1. The van der Waals surface area contributed by atoms with Gasteiger partial charge in [0.2, 0.25) is 17.7 Å². The quantitative estimate of drug-likeness (QED) is 0.0407. The van der Waals surface area contributed by atoms with Gasteiger partial charge in [0, 0.05) is 46.0 Å². The summed E-state index contributed by atoms with van der Waals surface area (Å²) in [6, 6.07) is 26.7. The van der Waals surface area contributed by atoms with Gasteiger partial charge in [-0.3, -0.25) is 19.2 Å². The van der Waals surface area contributed by atoms with E-state index in [0.29, 0.717) is 46.8 Å². The summed E-state index contributed by atoms with van der Waals surface area (Å²) < 4.78 is 156. The van der Waals surface area contributed by atoms with E-state index in [4.69, 9.17) is 16.2 Å². The van der Waals surface area contributed by atoms with E-state index in [1.807, 2.05) is 84.9 Å². The first-order valence-electron chi connectivity index (χ1n) is 33.2. The maximum absolute atomic E-state index is 13.6. The Balaban J connectivity index is 0.000000203. The van der Waals surface area contributed by atoms with Crippen molar-refractivity contribution in [3.8, 4) is 0 Å². The molecule has 2 heterocycles. The van der Waals surface area contributed by atoms with Gasteiger partial charge in [-0.2, -0.15) is 77.3 Å². The van der Waals surface area contributed by atoms with Crippen LogP contribution in [0.4, 0.5) is 81.1 Å². The summed E-state index contributed by atoms with van der Waals surface area (Å²) in [6.07, 6.45) is -3.25. The number of hydrogen-bond acceptors (Lipinski definition) is 7. The van der Waals surface area contributed by atoms with Crippen LogP contribution in [-0.4, -0.2) is 43.9 Å². The van der Waals surface area contributed by atoms with Gasteiger partial charge in [-0.1, -0.05) is 118 Å². The summed E-state index contributed by atoms with van der Waals surface area (Å²) in [6.45, 7) is 19.3. The monoisotopic (exact) mass is 1460 g/mol. The smallest absolute Gasteiger partial charge is 0.469 e. The molecule has 6 aromatic rings. The van der Waals surface area contributed by atoms with Gasteiger partial charge in [-0.15, -0.1) is 5.56 Å². The van der Waals surface area contributed by atoms with Gasteiger partial charge in [0.25, 0.3) is 0 Å². The van der Waals surface area contributed by atoms with Crippen molar-refractivity contribution in [1.29, 1.82) is 0 Å². The molecule has 4 saturated carbocycles. The van der Waals surface area contributed by atoms with Crippen molar-refractivity contribution >= 4 is 68.1 Å². The molecule has 4 atom stereocenters. The topological polar surface area (TPSA) is 148 Å². The first-order chi connectivity index (χ1) is 46.2. The molecule has 3 amide bonds. The number of rotatable bonds is 10. The van der Waals surface area contributed by atoms with Crippen LogP contribution in [0.3, 0.4) is 0 Å². The zero-order chi connectivity index (χ0) is 73.5. The van der Waals surface area contributed by atoms with Crippen LogP contribution in [0.25, 0.3) is 0 Å². The Bertz CT molecular complexity index is 3720. The molecule has 6 aromatic carbocycles. The number of anilines is 5. The summed E-state index contributed by atoms with van der Waals surface area (Å²) in [7, 11) is 1.39. The number of benzene rings is 6. The molecule has 4 aliphatic carbocycles. The number of nitrogens with two attached hydrogens (primary N) is 2. The average molecular weight is 1470 g/mol. The van der Waals surface area contributed by atoms with Crippen molar-refractivity contribution in [2.24, 2.45) is 22.7 Å². The maximum atomic E-state index is 13.6. The van der Waals surface area contributed by atoms with E-state index in [0.717, 1.165) is 114 Å². The predicted octanol–water partition coefficient (Wildman–Crippen LogP) is 18.0. The van der Waals surface area contributed by atoms with E-state index in [9.17, 15) is 71.9 Å². The van der Waals surface area contributed by atoms with Crippen molar-refractivity contribution in [2.75, 3.05) is 46.8 Å². The standard InChI is InChI=1S/C26H29F3N2O2.C17H23NO3.C11H10F3.C10H10F3N.C7H5BrF3N.C5H10.Li/c1-5-25(14-31(23(32)17(25)4)22-15(2)7-6-8-16(22)3)24(33)30-21-12-19(18-9-10-18)11-20(13-21)26(27,28)29;1-6-17(16(20)21-5)10-18(15(19)13(17)4)14-11(2)8-7-9-12(14)3;1-7-4-9(8-2-3-8)6-10(5-7)11(12,13)14;11-10(12,13)8-3-7(6-1-2-6)4-9(14)5-8;8-5-1-4(7(9,10)11)2-6(12)3-5;1-2-4-5-3-1;/h6-8,11-13,17-18H,5,9-10,14H2,1-4H3,(H,30,33);7-9,13H,6,10H2,1-5H3;4-6,8H,1-3H2;3-6H,1-2,14H2;1-3H,12H2;1-5H2;/q;;-1;;;;+1/t17-,25-;;;;;;/m1....../s1. The van der Waals surface area contributed by atoms with E-state index >= 15 is 0 Å². The minimum absolute atomic E-state index is 0. The van der Waals surface area contributed by atoms with E-state index in [1.165, 1.54) is 63.5 Å². The largest absolute Gasteiger partial charge is 1.00 e. The fourth-order valence-corrected chi connectivity index (χ4v) is 13.6. The minimum Gasteiger partial charge on any atom is -0.469 e. The summed E-state index contributed by atoms with van der Waals surface area (Å²) in [5.41, 5.74) is 14.8. The maximum Gasteiger partial charge on any atom is 1.00 e. The zero-order valence-electron chi connectivity index (χ0n) is 58.1. The fraction of sp³-hybridized carbons (Fsp3) is 0.461. The van der Waals surface area contributed by atoms with Crippen LogP contribution in [0.15, 0.2) is 114 Å². The van der Waals surface area contributed by atoms with Crippen LogP contribution in [0.2, 0.25) is 0 Å². The molecule has 2 saturated heterocycles. The number of aryl methyl sites for hydroxylation is 4. The molecule has 100 heavy (non-hydrogen) atoms. The van der Waals surface area contributed by atoms with Crippen molar-refractivity contribution in [3.05, 3.63) is 187 Å². The Labute approximate surface area is 598 Å². The van der Waals surface area contributed by atoms with Crippen LogP contribution in [0.5, 0.6) is 0 Å².